The Balaban J connectivity index is 2.56. The van der Waals surface area contributed by atoms with Crippen LogP contribution >= 0.6 is 0 Å². The molecule has 0 aromatic heterocycles. The van der Waals surface area contributed by atoms with Crippen LogP contribution in [0.3, 0.4) is 0 Å². The van der Waals surface area contributed by atoms with Crippen molar-refractivity contribution in [1.29, 1.82) is 0 Å². The summed E-state index contributed by atoms with van der Waals surface area (Å²) in [6, 6.07) is 4.97. The molecule has 0 bridgehead atoms. The average molecular weight is 218 g/mol. The lowest BCUT2D eigenvalue weighted by atomic mass is 9.89. The number of para-hydroxylation sites is 1. The van der Waals surface area contributed by atoms with Crippen LogP contribution in [0.15, 0.2) is 36.4 Å². The molecule has 0 heterocycles. The quantitative estimate of drug-likeness (QED) is 0.321. The van der Waals surface area contributed by atoms with E-state index in [1.54, 1.807) is 36.4 Å². The van der Waals surface area contributed by atoms with Crippen LogP contribution in [0.25, 0.3) is 5.57 Å². The lowest BCUT2D eigenvalue weighted by Crippen LogP contribution is -2.41. The Bertz CT molecular complexity index is 476. The molecule has 0 saturated carbocycles. The molecule has 84 valence electrons. The molecular formula is C12H14N2O2. The number of hydrogen-bond donors (Lipinski definition) is 4. The highest BCUT2D eigenvalue weighted by Crippen LogP contribution is 2.37. The fourth-order valence-electron chi connectivity index (χ4n) is 1.77. The number of hydrogen-bond acceptors (Lipinski definition) is 4. The van der Waals surface area contributed by atoms with Crippen molar-refractivity contribution in [3.8, 4) is 5.75 Å². The van der Waals surface area contributed by atoms with Gasteiger partial charge in [0, 0.05) is 17.6 Å². The van der Waals surface area contributed by atoms with Gasteiger partial charge in [-0.3, -0.25) is 5.73 Å². The van der Waals surface area contributed by atoms with Gasteiger partial charge in [-0.2, -0.15) is 0 Å². The third-order valence-corrected chi connectivity index (χ3v) is 2.65. The number of aliphatic hydroxyl groups is 1. The maximum Gasteiger partial charge on any atom is 0.146 e. The van der Waals surface area contributed by atoms with Crippen molar-refractivity contribution in [2.75, 3.05) is 5.73 Å². The summed E-state index contributed by atoms with van der Waals surface area (Å²) in [4.78, 5) is 0. The highest BCUT2D eigenvalue weighted by Gasteiger charge is 2.29. The summed E-state index contributed by atoms with van der Waals surface area (Å²) in [5.41, 5.74) is 11.1. The first-order valence-corrected chi connectivity index (χ1v) is 4.99. The largest absolute Gasteiger partial charge is 0.505 e. The monoisotopic (exact) mass is 218 g/mol. The Labute approximate surface area is 93.5 Å². The molecule has 0 spiro atoms. The first kappa shape index (κ1) is 10.7. The molecule has 0 radical (unpaired) electrons. The van der Waals surface area contributed by atoms with Crippen molar-refractivity contribution in [3.05, 3.63) is 42.0 Å². The molecule has 1 unspecified atom stereocenters. The fraction of sp³-hybridized carbons (Fsp3) is 0.167. The first-order valence-electron chi connectivity index (χ1n) is 4.99. The van der Waals surface area contributed by atoms with Gasteiger partial charge in [-0.15, -0.1) is 0 Å². The zero-order valence-electron chi connectivity index (χ0n) is 8.72. The predicted molar refractivity (Wildman–Crippen MR) is 63.4 cm³/mol. The summed E-state index contributed by atoms with van der Waals surface area (Å²) in [6.07, 6.45) is 5.55. The van der Waals surface area contributed by atoms with E-state index < -0.39 is 5.72 Å². The van der Waals surface area contributed by atoms with E-state index in [1.807, 2.05) is 0 Å². The lowest BCUT2D eigenvalue weighted by molar-refractivity contribution is 0.111. The molecule has 4 nitrogen and oxygen atoms in total. The Morgan fingerprint density at radius 2 is 2.06 bits per heavy atom. The maximum atomic E-state index is 10.0. The number of aromatic hydroxyl groups is 1. The Hall–Kier alpha value is -1.78. The highest BCUT2D eigenvalue weighted by molar-refractivity contribution is 5.80. The van der Waals surface area contributed by atoms with Crippen molar-refractivity contribution < 1.29 is 10.2 Å². The second kappa shape index (κ2) is 3.66. The molecule has 0 amide bonds. The Morgan fingerprint density at radius 1 is 1.31 bits per heavy atom. The van der Waals surface area contributed by atoms with Crippen LogP contribution in [0, 0.1) is 0 Å². The molecular weight excluding hydrogens is 204 g/mol. The highest BCUT2D eigenvalue weighted by atomic mass is 16.3. The van der Waals surface area contributed by atoms with E-state index in [9.17, 15) is 10.2 Å². The number of phenolic OH excluding ortho intramolecular Hbond substituents is 1. The molecule has 16 heavy (non-hydrogen) atoms. The molecule has 0 fully saturated rings. The van der Waals surface area contributed by atoms with Gasteiger partial charge < -0.3 is 15.9 Å². The van der Waals surface area contributed by atoms with Gasteiger partial charge >= 0.3 is 0 Å². The predicted octanol–water partition coefficient (Wildman–Crippen LogP) is 0.965. The molecule has 1 aromatic rings. The van der Waals surface area contributed by atoms with E-state index in [-0.39, 0.29) is 11.4 Å². The van der Waals surface area contributed by atoms with Crippen LogP contribution < -0.4 is 11.5 Å². The molecule has 6 N–H and O–H groups in total. The third-order valence-electron chi connectivity index (χ3n) is 2.65. The van der Waals surface area contributed by atoms with Gasteiger partial charge in [0.05, 0.1) is 5.69 Å². The normalized spacial score (nSPS) is 24.2. The van der Waals surface area contributed by atoms with Crippen LogP contribution in [0.2, 0.25) is 0 Å². The standard InChI is InChI=1S/C12H14N2O2/c13-10-6-3-4-8(11(10)15)9-5-1-2-7-12(9,14)16/h1-6,15-16H,7,13-14H2. The van der Waals surface area contributed by atoms with Gasteiger partial charge in [0.15, 0.2) is 0 Å². The topological polar surface area (TPSA) is 92.5 Å². The summed E-state index contributed by atoms with van der Waals surface area (Å²) in [5, 5.41) is 19.8. The molecule has 1 atom stereocenters. The van der Waals surface area contributed by atoms with Crippen molar-refractivity contribution in [2.24, 2.45) is 5.73 Å². The number of nitrogen functional groups attached to an aromatic ring is 1. The summed E-state index contributed by atoms with van der Waals surface area (Å²) in [7, 11) is 0. The maximum absolute atomic E-state index is 10.0. The van der Waals surface area contributed by atoms with E-state index in [2.05, 4.69) is 0 Å². The number of phenols is 1. The number of anilines is 1. The zero-order valence-corrected chi connectivity index (χ0v) is 8.72. The summed E-state index contributed by atoms with van der Waals surface area (Å²) < 4.78 is 0. The van der Waals surface area contributed by atoms with E-state index in [0.29, 0.717) is 17.6 Å². The Morgan fingerprint density at radius 3 is 2.75 bits per heavy atom. The van der Waals surface area contributed by atoms with Crippen molar-refractivity contribution in [1.82, 2.24) is 0 Å². The minimum atomic E-state index is -1.46. The van der Waals surface area contributed by atoms with Crippen molar-refractivity contribution in [2.45, 2.75) is 12.1 Å². The summed E-state index contributed by atoms with van der Waals surface area (Å²) >= 11 is 0. The van der Waals surface area contributed by atoms with E-state index in [4.69, 9.17) is 11.5 Å². The van der Waals surface area contributed by atoms with Gasteiger partial charge in [-0.1, -0.05) is 30.4 Å². The molecule has 0 aliphatic heterocycles. The minimum absolute atomic E-state index is 0.0482. The zero-order chi connectivity index (χ0) is 11.8. The first-order chi connectivity index (χ1) is 7.52. The van der Waals surface area contributed by atoms with E-state index in [1.165, 1.54) is 0 Å². The van der Waals surface area contributed by atoms with E-state index >= 15 is 0 Å². The second-order valence-corrected chi connectivity index (χ2v) is 3.88. The SMILES string of the molecule is Nc1cccc(C2=CC=CCC2(N)O)c1O. The van der Waals surface area contributed by atoms with Gasteiger partial charge in [0.1, 0.15) is 11.5 Å². The molecule has 1 aliphatic carbocycles. The summed E-state index contributed by atoms with van der Waals surface area (Å²) in [6.45, 7) is 0. The van der Waals surface area contributed by atoms with Crippen molar-refractivity contribution in [3.63, 3.8) is 0 Å². The third kappa shape index (κ3) is 1.68. The van der Waals surface area contributed by atoms with E-state index in [0.717, 1.165) is 0 Å². The summed E-state index contributed by atoms with van der Waals surface area (Å²) in [5.74, 6) is -0.0482. The molecule has 2 rings (SSSR count). The number of allylic oxidation sites excluding steroid dienone is 2. The second-order valence-electron chi connectivity index (χ2n) is 3.88. The van der Waals surface area contributed by atoms with Gasteiger partial charge in [0.2, 0.25) is 0 Å². The Kier molecular flexibility index (Phi) is 2.46. The van der Waals surface area contributed by atoms with Crippen LogP contribution in [0.5, 0.6) is 5.75 Å². The lowest BCUT2D eigenvalue weighted by Gasteiger charge is -2.28. The van der Waals surface area contributed by atoms with Gasteiger partial charge in [-0.05, 0) is 6.07 Å². The van der Waals surface area contributed by atoms with Crippen molar-refractivity contribution >= 4 is 11.3 Å². The average Bonchev–Trinajstić information content (AvgIpc) is 2.22. The molecule has 0 saturated heterocycles. The van der Waals surface area contributed by atoms with Gasteiger partial charge in [0.25, 0.3) is 0 Å². The van der Waals surface area contributed by atoms with Crippen LogP contribution in [-0.2, 0) is 0 Å². The number of benzene rings is 1. The fourth-order valence-corrected chi connectivity index (χ4v) is 1.77. The minimum Gasteiger partial charge on any atom is -0.505 e. The molecule has 1 aromatic carbocycles. The molecule has 1 aliphatic rings. The smallest absolute Gasteiger partial charge is 0.146 e. The number of nitrogens with two attached hydrogens (primary N) is 2. The number of rotatable bonds is 1. The van der Waals surface area contributed by atoms with Gasteiger partial charge in [-0.25, -0.2) is 0 Å². The van der Waals surface area contributed by atoms with Crippen LogP contribution in [-0.4, -0.2) is 15.9 Å². The van der Waals surface area contributed by atoms with Crippen LogP contribution in [0.4, 0.5) is 5.69 Å². The molecule has 4 heteroatoms. The van der Waals surface area contributed by atoms with Crippen LogP contribution in [0.1, 0.15) is 12.0 Å².